The molecule has 0 radical (unpaired) electrons. The summed E-state index contributed by atoms with van der Waals surface area (Å²) in [6.07, 6.45) is 0. The smallest absolute Gasteiger partial charge is 0.160 e. The van der Waals surface area contributed by atoms with Crippen LogP contribution in [-0.4, -0.2) is 19.5 Å². The van der Waals surface area contributed by atoms with Gasteiger partial charge in [-0.1, -0.05) is 194 Å². The van der Waals surface area contributed by atoms with Gasteiger partial charge in [0, 0.05) is 49.3 Å². The van der Waals surface area contributed by atoms with Gasteiger partial charge in [-0.25, -0.2) is 15.0 Å². The number of para-hydroxylation sites is 2. The highest BCUT2D eigenvalue weighted by Gasteiger charge is 2.20. The van der Waals surface area contributed by atoms with Crippen molar-refractivity contribution in [2.24, 2.45) is 0 Å². The summed E-state index contributed by atoms with van der Waals surface area (Å²) >= 11 is 0. The fraction of sp³-hybridized carbons (Fsp3) is 0. The number of rotatable bonds is 5. The first-order valence-corrected chi connectivity index (χ1v) is 22.9. The first-order valence-electron chi connectivity index (χ1n) is 22.9. The summed E-state index contributed by atoms with van der Waals surface area (Å²) in [5.41, 5.74) is 12.6. The van der Waals surface area contributed by atoms with E-state index in [1.54, 1.807) is 0 Å². The van der Waals surface area contributed by atoms with Crippen LogP contribution in [0.25, 0.3) is 137 Å². The van der Waals surface area contributed by atoms with Gasteiger partial charge >= 0.3 is 0 Å². The minimum atomic E-state index is 0.701. The third-order valence-electron chi connectivity index (χ3n) is 13.8. The van der Waals surface area contributed by atoms with E-state index in [1.165, 1.54) is 48.5 Å². The molecular formula is C63H38N4. The van der Waals surface area contributed by atoms with Crippen molar-refractivity contribution in [1.29, 1.82) is 0 Å². The third-order valence-corrected chi connectivity index (χ3v) is 13.8. The number of aromatic nitrogens is 4. The molecule has 4 heteroatoms. The molecule has 0 saturated heterocycles. The molecule has 0 fully saturated rings. The van der Waals surface area contributed by atoms with Gasteiger partial charge in [-0.05, 0) is 85.2 Å². The number of hydrogen-bond acceptors (Lipinski definition) is 3. The minimum Gasteiger partial charge on any atom is -0.307 e. The van der Waals surface area contributed by atoms with E-state index in [0.717, 1.165) is 83.1 Å². The van der Waals surface area contributed by atoms with Crippen LogP contribution in [0.2, 0.25) is 0 Å². The minimum absolute atomic E-state index is 0.701. The Morgan fingerprint density at radius 2 is 0.761 bits per heavy atom. The predicted molar refractivity (Wildman–Crippen MR) is 281 cm³/mol. The molecular weight excluding hydrogens is 813 g/mol. The van der Waals surface area contributed by atoms with E-state index in [1.807, 2.05) is 0 Å². The predicted octanol–water partition coefficient (Wildman–Crippen LogP) is 16.6. The molecule has 0 unspecified atom stereocenters. The average Bonchev–Trinajstić information content (AvgIpc) is 3.75. The zero-order valence-corrected chi connectivity index (χ0v) is 36.2. The van der Waals surface area contributed by atoms with Crippen LogP contribution < -0.4 is 0 Å². The number of nitrogens with zero attached hydrogens (tertiary/aromatic N) is 4. The van der Waals surface area contributed by atoms with Crippen molar-refractivity contribution in [3.63, 3.8) is 0 Å². The van der Waals surface area contributed by atoms with E-state index in [4.69, 9.17) is 15.0 Å². The number of fused-ring (bicyclic) bond motifs is 14. The molecule has 67 heavy (non-hydrogen) atoms. The summed E-state index contributed by atoms with van der Waals surface area (Å²) in [6.45, 7) is 0. The van der Waals surface area contributed by atoms with Gasteiger partial charge in [0.2, 0.25) is 0 Å². The van der Waals surface area contributed by atoms with Gasteiger partial charge in [0.25, 0.3) is 0 Å². The van der Waals surface area contributed by atoms with Crippen LogP contribution in [0.4, 0.5) is 0 Å². The van der Waals surface area contributed by atoms with Gasteiger partial charge < -0.3 is 4.57 Å². The lowest BCUT2D eigenvalue weighted by Gasteiger charge is -2.13. The quantitative estimate of drug-likeness (QED) is 0.162. The van der Waals surface area contributed by atoms with Crippen molar-refractivity contribution in [3.05, 3.63) is 231 Å². The molecule has 3 heterocycles. The monoisotopic (exact) mass is 850 g/mol. The van der Waals surface area contributed by atoms with Crippen LogP contribution in [-0.2, 0) is 0 Å². The summed E-state index contributed by atoms with van der Waals surface area (Å²) in [4.78, 5) is 16.0. The summed E-state index contributed by atoms with van der Waals surface area (Å²) < 4.78 is 2.39. The molecule has 0 aliphatic rings. The van der Waals surface area contributed by atoms with E-state index in [9.17, 15) is 0 Å². The second kappa shape index (κ2) is 14.8. The summed E-state index contributed by atoms with van der Waals surface area (Å²) in [7, 11) is 0. The molecule has 310 valence electrons. The van der Waals surface area contributed by atoms with E-state index in [2.05, 4.69) is 235 Å². The molecule has 0 spiro atoms. The highest BCUT2D eigenvalue weighted by atomic mass is 15.0. The Balaban J connectivity index is 0.908. The Labute approximate surface area is 385 Å². The molecule has 0 atom stereocenters. The lowest BCUT2D eigenvalue weighted by molar-refractivity contribution is 1.18. The fourth-order valence-electron chi connectivity index (χ4n) is 10.7. The largest absolute Gasteiger partial charge is 0.307 e. The maximum absolute atomic E-state index is 5.55. The van der Waals surface area contributed by atoms with Gasteiger partial charge in [0.15, 0.2) is 5.82 Å². The van der Waals surface area contributed by atoms with Gasteiger partial charge in [-0.3, -0.25) is 0 Å². The Hall–Kier alpha value is -8.99. The fourth-order valence-corrected chi connectivity index (χ4v) is 10.7. The van der Waals surface area contributed by atoms with Crippen LogP contribution in [0, 0.1) is 0 Å². The summed E-state index contributed by atoms with van der Waals surface area (Å²) in [6, 6.07) is 82.6. The average molecular weight is 851 g/mol. The Morgan fingerprint density at radius 1 is 0.269 bits per heavy atom. The van der Waals surface area contributed by atoms with Crippen LogP contribution in [0.1, 0.15) is 0 Å². The van der Waals surface area contributed by atoms with Crippen LogP contribution >= 0.6 is 0 Å². The Kier molecular flexibility index (Phi) is 8.25. The van der Waals surface area contributed by atoms with Crippen LogP contribution in [0.15, 0.2) is 231 Å². The first kappa shape index (κ1) is 37.4. The standard InChI is InChI=1S/C63H38N4/c1-3-15-40(16-4-1)59-51-24-12-11-23-49(51)52-34-35-53-56-37-42(32-36-58(56)67(62(53)61(52)65-59)44-17-5-2-6-18-44)39-27-29-41(30-28-39)63-64-57-26-14-13-25-54(57)60(66-63)43-31-33-50-47-21-8-7-19-45(47)46-20-9-10-22-48(46)55(50)38-43/h1-38H. The summed E-state index contributed by atoms with van der Waals surface area (Å²) in [5, 5.41) is 14.3. The van der Waals surface area contributed by atoms with Gasteiger partial charge in [-0.15, -0.1) is 0 Å². The van der Waals surface area contributed by atoms with Crippen molar-refractivity contribution in [2.75, 3.05) is 0 Å². The van der Waals surface area contributed by atoms with E-state index >= 15 is 0 Å². The molecule has 0 aliphatic heterocycles. The molecule has 0 bridgehead atoms. The van der Waals surface area contributed by atoms with Gasteiger partial charge in [0.1, 0.15) is 0 Å². The van der Waals surface area contributed by atoms with Crippen molar-refractivity contribution in [3.8, 4) is 50.7 Å². The highest BCUT2D eigenvalue weighted by molar-refractivity contribution is 6.26. The SMILES string of the molecule is c1ccc(-c2nc3c(ccc4c5cc(-c6ccc(-c7nc(-c8ccc9c%10ccccc%10c%10ccccc%10c9c8)c8ccccc8n7)cc6)ccc5n(-c5ccccc5)c43)c3ccccc23)cc1. The lowest BCUT2D eigenvalue weighted by atomic mass is 9.92. The van der Waals surface area contributed by atoms with Gasteiger partial charge in [-0.2, -0.15) is 0 Å². The molecule has 4 nitrogen and oxygen atoms in total. The van der Waals surface area contributed by atoms with Crippen molar-refractivity contribution < 1.29 is 0 Å². The molecule has 0 saturated carbocycles. The number of hydrogen-bond donors (Lipinski definition) is 0. The second-order valence-electron chi connectivity index (χ2n) is 17.5. The molecule has 3 aromatic heterocycles. The zero-order valence-electron chi connectivity index (χ0n) is 36.2. The molecule has 0 aliphatic carbocycles. The molecule has 0 amide bonds. The zero-order chi connectivity index (χ0) is 44.0. The van der Waals surface area contributed by atoms with Crippen molar-refractivity contribution >= 4 is 86.7 Å². The van der Waals surface area contributed by atoms with Crippen LogP contribution in [0.5, 0.6) is 0 Å². The second-order valence-corrected chi connectivity index (χ2v) is 17.5. The Bertz CT molecular complexity index is 4270. The van der Waals surface area contributed by atoms with Crippen LogP contribution in [0.3, 0.4) is 0 Å². The lowest BCUT2D eigenvalue weighted by Crippen LogP contribution is -1.96. The molecule has 11 aromatic carbocycles. The normalized spacial score (nSPS) is 11.9. The third kappa shape index (κ3) is 5.83. The summed E-state index contributed by atoms with van der Waals surface area (Å²) in [5.74, 6) is 0.701. The molecule has 14 rings (SSSR count). The number of benzene rings is 11. The topological polar surface area (TPSA) is 43.6 Å². The van der Waals surface area contributed by atoms with Crippen molar-refractivity contribution in [1.82, 2.24) is 19.5 Å². The first-order chi connectivity index (χ1) is 33.2. The van der Waals surface area contributed by atoms with E-state index < -0.39 is 0 Å². The van der Waals surface area contributed by atoms with Crippen molar-refractivity contribution in [2.45, 2.75) is 0 Å². The maximum Gasteiger partial charge on any atom is 0.160 e. The molecule has 14 aromatic rings. The van der Waals surface area contributed by atoms with E-state index in [0.29, 0.717) is 5.82 Å². The maximum atomic E-state index is 5.55. The highest BCUT2D eigenvalue weighted by Crippen LogP contribution is 2.43. The molecule has 0 N–H and O–H groups in total. The van der Waals surface area contributed by atoms with Gasteiger partial charge in [0.05, 0.1) is 33.5 Å². The van der Waals surface area contributed by atoms with E-state index in [-0.39, 0.29) is 0 Å². The Morgan fingerprint density at radius 3 is 1.48 bits per heavy atom. The number of pyridine rings is 1.